The highest BCUT2D eigenvalue weighted by atomic mass is 16.5. The van der Waals surface area contributed by atoms with Crippen LogP contribution < -0.4 is 10.6 Å². The topological polar surface area (TPSA) is 50.4 Å². The average molecular weight is 226 g/mol. The van der Waals surface area contributed by atoms with Gasteiger partial charge in [0, 0.05) is 18.6 Å². The zero-order valence-electron chi connectivity index (χ0n) is 10.2. The van der Waals surface area contributed by atoms with E-state index in [9.17, 15) is 4.79 Å². The molecule has 2 N–H and O–H groups in total. The van der Waals surface area contributed by atoms with Crippen LogP contribution in [0.3, 0.4) is 0 Å². The molecular formula is C12H22N2O2. The Hall–Kier alpha value is -0.610. The molecule has 0 bridgehead atoms. The molecule has 0 aromatic heterocycles. The number of ether oxygens (including phenoxy) is 1. The van der Waals surface area contributed by atoms with Crippen LogP contribution in [0.25, 0.3) is 0 Å². The highest BCUT2D eigenvalue weighted by molar-refractivity contribution is 5.79. The third-order valence-corrected chi connectivity index (χ3v) is 3.78. The van der Waals surface area contributed by atoms with Crippen molar-refractivity contribution in [3.8, 4) is 0 Å². The maximum Gasteiger partial charge on any atom is 0.223 e. The molecule has 1 aliphatic heterocycles. The summed E-state index contributed by atoms with van der Waals surface area (Å²) < 4.78 is 5.47. The van der Waals surface area contributed by atoms with Gasteiger partial charge in [0.25, 0.3) is 0 Å². The van der Waals surface area contributed by atoms with Crippen LogP contribution in [0.5, 0.6) is 0 Å². The molecule has 4 nitrogen and oxygen atoms in total. The lowest BCUT2D eigenvalue weighted by Gasteiger charge is -2.38. The van der Waals surface area contributed by atoms with Crippen molar-refractivity contribution in [2.24, 2.45) is 11.8 Å². The minimum Gasteiger partial charge on any atom is -0.378 e. The first-order chi connectivity index (χ1) is 7.70. The van der Waals surface area contributed by atoms with E-state index in [2.05, 4.69) is 10.6 Å². The van der Waals surface area contributed by atoms with E-state index in [1.54, 1.807) is 0 Å². The molecule has 1 heterocycles. The molecule has 1 aliphatic carbocycles. The SMILES string of the molecule is CCOC1CC(NC(=O)C(C)C2CNC2)C1. The van der Waals surface area contributed by atoms with E-state index < -0.39 is 0 Å². The first-order valence-electron chi connectivity index (χ1n) is 6.33. The van der Waals surface area contributed by atoms with E-state index in [0.29, 0.717) is 18.1 Å². The summed E-state index contributed by atoms with van der Waals surface area (Å²) in [5.41, 5.74) is 0. The van der Waals surface area contributed by atoms with Gasteiger partial charge in [-0.1, -0.05) is 6.92 Å². The van der Waals surface area contributed by atoms with E-state index in [0.717, 1.165) is 32.5 Å². The van der Waals surface area contributed by atoms with Crippen LogP contribution in [0.15, 0.2) is 0 Å². The lowest BCUT2D eigenvalue weighted by atomic mass is 9.85. The predicted molar refractivity (Wildman–Crippen MR) is 62.1 cm³/mol. The Morgan fingerprint density at radius 2 is 2.19 bits per heavy atom. The molecule has 1 saturated heterocycles. The standard InChI is InChI=1S/C12H22N2O2/c1-3-16-11-4-10(5-11)14-12(15)8(2)9-6-13-7-9/h8-11,13H,3-7H2,1-2H3,(H,14,15). The molecule has 1 atom stereocenters. The third-order valence-electron chi connectivity index (χ3n) is 3.78. The predicted octanol–water partition coefficient (Wildman–Crippen LogP) is 0.526. The Morgan fingerprint density at radius 3 is 2.69 bits per heavy atom. The summed E-state index contributed by atoms with van der Waals surface area (Å²) in [6.07, 6.45) is 2.33. The van der Waals surface area contributed by atoms with Gasteiger partial charge in [0.05, 0.1) is 6.10 Å². The van der Waals surface area contributed by atoms with Crippen molar-refractivity contribution in [3.05, 3.63) is 0 Å². The first kappa shape index (κ1) is 11.9. The van der Waals surface area contributed by atoms with Gasteiger partial charge in [0.2, 0.25) is 5.91 Å². The van der Waals surface area contributed by atoms with Gasteiger partial charge in [-0.15, -0.1) is 0 Å². The minimum absolute atomic E-state index is 0.146. The van der Waals surface area contributed by atoms with Gasteiger partial charge < -0.3 is 15.4 Å². The average Bonchev–Trinajstić information content (AvgIpc) is 2.11. The Labute approximate surface area is 97.1 Å². The van der Waals surface area contributed by atoms with Crippen molar-refractivity contribution < 1.29 is 9.53 Å². The number of rotatable bonds is 5. The van der Waals surface area contributed by atoms with Crippen LogP contribution in [0.2, 0.25) is 0 Å². The highest BCUT2D eigenvalue weighted by Crippen LogP contribution is 2.24. The summed E-state index contributed by atoms with van der Waals surface area (Å²) in [5, 5.41) is 6.31. The number of carbonyl (C=O) groups excluding carboxylic acids is 1. The number of carbonyl (C=O) groups is 1. The minimum atomic E-state index is 0.146. The van der Waals surface area contributed by atoms with E-state index in [4.69, 9.17) is 4.74 Å². The molecule has 2 aliphatic rings. The summed E-state index contributed by atoms with van der Waals surface area (Å²) in [7, 11) is 0. The van der Waals surface area contributed by atoms with Gasteiger partial charge in [-0.05, 0) is 38.8 Å². The molecule has 2 fully saturated rings. The van der Waals surface area contributed by atoms with E-state index in [1.165, 1.54) is 0 Å². The third kappa shape index (κ3) is 2.55. The van der Waals surface area contributed by atoms with Crippen molar-refractivity contribution in [2.45, 2.75) is 38.8 Å². The molecule has 16 heavy (non-hydrogen) atoms. The maximum absolute atomic E-state index is 11.9. The van der Waals surface area contributed by atoms with Crippen molar-refractivity contribution in [2.75, 3.05) is 19.7 Å². The second-order valence-corrected chi connectivity index (χ2v) is 4.96. The number of amides is 1. The van der Waals surface area contributed by atoms with Crippen LogP contribution in [0.4, 0.5) is 0 Å². The summed E-state index contributed by atoms with van der Waals surface area (Å²) in [6.45, 7) is 6.79. The molecule has 0 spiro atoms. The number of hydrogen-bond acceptors (Lipinski definition) is 3. The van der Waals surface area contributed by atoms with Gasteiger partial charge in [0.15, 0.2) is 0 Å². The number of hydrogen-bond donors (Lipinski definition) is 2. The molecule has 2 rings (SSSR count). The maximum atomic E-state index is 11.9. The summed E-state index contributed by atoms with van der Waals surface area (Å²) >= 11 is 0. The van der Waals surface area contributed by atoms with Gasteiger partial charge in [-0.2, -0.15) is 0 Å². The smallest absolute Gasteiger partial charge is 0.223 e. The molecule has 0 aromatic rings. The molecule has 1 saturated carbocycles. The zero-order valence-corrected chi connectivity index (χ0v) is 10.2. The Morgan fingerprint density at radius 1 is 1.50 bits per heavy atom. The van der Waals surface area contributed by atoms with Crippen molar-refractivity contribution in [1.29, 1.82) is 0 Å². The van der Waals surface area contributed by atoms with Crippen LogP contribution >= 0.6 is 0 Å². The second-order valence-electron chi connectivity index (χ2n) is 4.96. The summed E-state index contributed by atoms with van der Waals surface area (Å²) in [6, 6.07) is 0.347. The van der Waals surface area contributed by atoms with Crippen molar-refractivity contribution >= 4 is 5.91 Å². The van der Waals surface area contributed by atoms with Crippen molar-refractivity contribution in [3.63, 3.8) is 0 Å². The first-order valence-corrected chi connectivity index (χ1v) is 6.33. The fraction of sp³-hybridized carbons (Fsp3) is 0.917. The molecule has 1 amide bonds. The second kappa shape index (κ2) is 5.15. The van der Waals surface area contributed by atoms with Crippen LogP contribution in [0, 0.1) is 11.8 Å². The fourth-order valence-corrected chi connectivity index (χ4v) is 2.27. The fourth-order valence-electron chi connectivity index (χ4n) is 2.27. The van der Waals surface area contributed by atoms with Gasteiger partial charge in [0.1, 0.15) is 0 Å². The molecule has 92 valence electrons. The van der Waals surface area contributed by atoms with E-state index in [-0.39, 0.29) is 11.8 Å². The van der Waals surface area contributed by atoms with Crippen molar-refractivity contribution in [1.82, 2.24) is 10.6 Å². The summed E-state index contributed by atoms with van der Waals surface area (Å²) in [5.74, 6) is 0.890. The Kier molecular flexibility index (Phi) is 3.82. The van der Waals surface area contributed by atoms with Crippen LogP contribution in [0.1, 0.15) is 26.7 Å². The summed E-state index contributed by atoms with van der Waals surface area (Å²) in [4.78, 5) is 11.9. The monoisotopic (exact) mass is 226 g/mol. The Balaban J connectivity index is 1.64. The molecule has 0 radical (unpaired) electrons. The molecule has 1 unspecified atom stereocenters. The quantitative estimate of drug-likeness (QED) is 0.719. The van der Waals surface area contributed by atoms with E-state index in [1.807, 2.05) is 13.8 Å². The van der Waals surface area contributed by atoms with Crippen LogP contribution in [-0.4, -0.2) is 37.7 Å². The van der Waals surface area contributed by atoms with Crippen LogP contribution in [-0.2, 0) is 9.53 Å². The molecular weight excluding hydrogens is 204 g/mol. The lowest BCUT2D eigenvalue weighted by molar-refractivity contribution is -0.129. The Bertz CT molecular complexity index is 247. The van der Waals surface area contributed by atoms with Gasteiger partial charge >= 0.3 is 0 Å². The van der Waals surface area contributed by atoms with Gasteiger partial charge in [-0.25, -0.2) is 0 Å². The molecule has 4 heteroatoms. The van der Waals surface area contributed by atoms with E-state index >= 15 is 0 Å². The molecule has 0 aromatic carbocycles. The lowest BCUT2D eigenvalue weighted by Crippen LogP contribution is -2.54. The zero-order chi connectivity index (χ0) is 11.5. The largest absolute Gasteiger partial charge is 0.378 e. The van der Waals surface area contributed by atoms with Gasteiger partial charge in [-0.3, -0.25) is 4.79 Å². The number of nitrogens with one attached hydrogen (secondary N) is 2. The highest BCUT2D eigenvalue weighted by Gasteiger charge is 2.34. The normalized spacial score (nSPS) is 31.4.